The van der Waals surface area contributed by atoms with Crippen molar-refractivity contribution in [2.75, 3.05) is 17.2 Å². The van der Waals surface area contributed by atoms with Gasteiger partial charge in [-0.3, -0.25) is 0 Å². The van der Waals surface area contributed by atoms with Gasteiger partial charge in [0.15, 0.2) is 4.90 Å². The Kier molecular flexibility index (Phi) is 3.36. The molecule has 2 N–H and O–H groups in total. The van der Waals surface area contributed by atoms with Gasteiger partial charge in [0, 0.05) is 10.9 Å². The van der Waals surface area contributed by atoms with Crippen molar-refractivity contribution in [2.45, 2.75) is 24.7 Å². The molecule has 0 atom stereocenters. The summed E-state index contributed by atoms with van der Waals surface area (Å²) in [6, 6.07) is 3.93. The molecule has 0 aliphatic carbocycles. The number of nitrogens with two attached hydrogens (primary N) is 1. The molecular weight excluding hydrogens is 246 g/mol. The molecule has 1 aliphatic heterocycles. The first-order chi connectivity index (χ1) is 8.61. The fourth-order valence-corrected chi connectivity index (χ4v) is 4.77. The van der Waals surface area contributed by atoms with Gasteiger partial charge in [-0.2, -0.15) is 10.5 Å². The number of hydrogen-bond donors (Lipinski definition) is 1. The van der Waals surface area contributed by atoms with Crippen LogP contribution in [0, 0.1) is 29.6 Å². The minimum atomic E-state index is -0.267. The van der Waals surface area contributed by atoms with Crippen LogP contribution >= 0.6 is 0 Å². The fourth-order valence-electron chi connectivity index (χ4n) is 2.27. The summed E-state index contributed by atoms with van der Waals surface area (Å²) in [5.41, 5.74) is 7.05. The lowest BCUT2D eigenvalue weighted by molar-refractivity contribution is -0.272. The molecule has 0 spiro atoms. The highest BCUT2D eigenvalue weighted by atomic mass is 32.2. The van der Waals surface area contributed by atoms with Crippen LogP contribution < -0.4 is 10.8 Å². The number of hydrogen-bond acceptors (Lipinski definition) is 4. The van der Waals surface area contributed by atoms with Crippen LogP contribution in [0.2, 0.25) is 0 Å². The zero-order valence-corrected chi connectivity index (χ0v) is 10.9. The predicted octanol–water partition coefficient (Wildman–Crippen LogP) is 1.17. The van der Waals surface area contributed by atoms with E-state index in [-0.39, 0.29) is 22.2 Å². The van der Waals surface area contributed by atoms with Gasteiger partial charge in [-0.15, -0.1) is 0 Å². The van der Waals surface area contributed by atoms with Gasteiger partial charge in [-0.25, -0.2) is 0 Å². The molecule has 0 amide bonds. The van der Waals surface area contributed by atoms with E-state index in [9.17, 15) is 5.11 Å². The highest BCUT2D eigenvalue weighted by Crippen LogP contribution is 2.39. The van der Waals surface area contributed by atoms with Crippen molar-refractivity contribution in [3.63, 3.8) is 0 Å². The highest BCUT2D eigenvalue weighted by molar-refractivity contribution is 7.97. The van der Waals surface area contributed by atoms with E-state index in [1.54, 1.807) is 6.92 Å². The van der Waals surface area contributed by atoms with Gasteiger partial charge in [0.25, 0.3) is 0 Å². The number of benzene rings is 1. The first-order valence-corrected chi connectivity index (χ1v) is 7.28. The maximum atomic E-state index is 12.3. The van der Waals surface area contributed by atoms with Crippen molar-refractivity contribution in [3.05, 3.63) is 16.7 Å². The summed E-state index contributed by atoms with van der Waals surface area (Å²) < 4.78 is 0. The maximum Gasteiger partial charge on any atom is 0.172 e. The summed E-state index contributed by atoms with van der Waals surface area (Å²) in [6.45, 7) is 1.61. The van der Waals surface area contributed by atoms with E-state index < -0.39 is 0 Å². The molecule has 1 aliphatic rings. The molecule has 0 saturated carbocycles. The first kappa shape index (κ1) is 12.6. The molecule has 1 aromatic carbocycles. The fraction of sp³-hybridized carbons (Fsp3) is 0.385. The van der Waals surface area contributed by atoms with Gasteiger partial charge in [0.1, 0.15) is 23.3 Å². The lowest BCUT2D eigenvalue weighted by Crippen LogP contribution is -2.15. The summed E-state index contributed by atoms with van der Waals surface area (Å²) in [4.78, 5) is 0.520. The van der Waals surface area contributed by atoms with E-state index >= 15 is 0 Å². The van der Waals surface area contributed by atoms with Gasteiger partial charge >= 0.3 is 0 Å². The highest BCUT2D eigenvalue weighted by Gasteiger charge is 2.32. The van der Waals surface area contributed by atoms with Crippen molar-refractivity contribution in [1.82, 2.24) is 0 Å². The number of anilines is 1. The quantitative estimate of drug-likeness (QED) is 0.604. The molecule has 1 fully saturated rings. The van der Waals surface area contributed by atoms with Crippen LogP contribution in [0.1, 0.15) is 29.5 Å². The number of nitrogens with zero attached hydrogens (tertiary/aromatic N) is 2. The molecule has 1 saturated heterocycles. The maximum absolute atomic E-state index is 12.3. The Morgan fingerprint density at radius 3 is 2.22 bits per heavy atom. The normalized spacial score (nSPS) is 15.3. The number of rotatable bonds is 1. The van der Waals surface area contributed by atoms with Crippen molar-refractivity contribution in [2.24, 2.45) is 0 Å². The van der Waals surface area contributed by atoms with Crippen LogP contribution in [0.3, 0.4) is 0 Å². The van der Waals surface area contributed by atoms with Gasteiger partial charge < -0.3 is 10.8 Å². The molecule has 5 heteroatoms. The molecule has 92 valence electrons. The average Bonchev–Trinajstić information content (AvgIpc) is 2.83. The molecule has 1 aromatic rings. The predicted molar refractivity (Wildman–Crippen MR) is 69.1 cm³/mol. The van der Waals surface area contributed by atoms with E-state index in [1.807, 2.05) is 12.1 Å². The third kappa shape index (κ3) is 1.77. The summed E-state index contributed by atoms with van der Waals surface area (Å²) in [7, 11) is -0.186. The SMILES string of the molecule is Cc1c(C#N)c(N)c([S+]2CCCC2)c([O-])c1C#N. The van der Waals surface area contributed by atoms with Gasteiger partial charge in [-0.1, -0.05) is 0 Å². The monoisotopic (exact) mass is 259 g/mol. The average molecular weight is 259 g/mol. The molecule has 2 rings (SSSR count). The molecule has 1 heterocycles. The largest absolute Gasteiger partial charge is 0.868 e. The van der Waals surface area contributed by atoms with Crippen molar-refractivity contribution in [3.8, 4) is 17.9 Å². The topological polar surface area (TPSA) is 96.7 Å². The standard InChI is InChI=1S/C13H13N3OS/c1-8-9(6-14)11(16)13(12(17)10(8)7-15)18-4-2-3-5-18/h2-5,16H2,1H3. The Labute approximate surface area is 109 Å². The Morgan fingerprint density at radius 2 is 1.72 bits per heavy atom. The van der Waals surface area contributed by atoms with E-state index in [0.717, 1.165) is 24.3 Å². The summed E-state index contributed by atoms with van der Waals surface area (Å²) in [5, 5.41) is 30.5. The number of nitrogen functional groups attached to an aromatic ring is 1. The van der Waals surface area contributed by atoms with Crippen LogP contribution in [0.4, 0.5) is 5.69 Å². The molecule has 0 bridgehead atoms. The third-order valence-electron chi connectivity index (χ3n) is 3.24. The van der Waals surface area contributed by atoms with Crippen molar-refractivity contribution < 1.29 is 5.11 Å². The molecule has 0 aromatic heterocycles. The van der Waals surface area contributed by atoms with Crippen LogP contribution in [0.25, 0.3) is 0 Å². The second-order valence-corrected chi connectivity index (χ2v) is 6.49. The Hall–Kier alpha value is -1.85. The zero-order chi connectivity index (χ0) is 13.3. The Morgan fingerprint density at radius 1 is 1.17 bits per heavy atom. The Balaban J connectivity index is 2.73. The molecule has 18 heavy (non-hydrogen) atoms. The van der Waals surface area contributed by atoms with E-state index in [0.29, 0.717) is 21.7 Å². The second-order valence-electron chi connectivity index (χ2n) is 4.28. The van der Waals surface area contributed by atoms with E-state index in [4.69, 9.17) is 16.3 Å². The second kappa shape index (κ2) is 4.80. The van der Waals surface area contributed by atoms with Crippen LogP contribution in [0.5, 0.6) is 5.75 Å². The molecular formula is C13H13N3OS. The minimum Gasteiger partial charge on any atom is -0.868 e. The minimum absolute atomic E-state index is 0.0788. The summed E-state index contributed by atoms with van der Waals surface area (Å²) >= 11 is 0. The van der Waals surface area contributed by atoms with Crippen molar-refractivity contribution in [1.29, 1.82) is 10.5 Å². The van der Waals surface area contributed by atoms with E-state index in [2.05, 4.69) is 0 Å². The smallest absolute Gasteiger partial charge is 0.172 e. The van der Waals surface area contributed by atoms with Gasteiger partial charge in [0.05, 0.1) is 17.2 Å². The van der Waals surface area contributed by atoms with Crippen molar-refractivity contribution >= 4 is 16.6 Å². The first-order valence-electron chi connectivity index (χ1n) is 5.72. The third-order valence-corrected chi connectivity index (χ3v) is 5.79. The molecule has 0 unspecified atom stereocenters. The summed E-state index contributed by atoms with van der Waals surface area (Å²) in [6.07, 6.45) is 2.17. The lowest BCUT2D eigenvalue weighted by atomic mass is 10.0. The van der Waals surface area contributed by atoms with Gasteiger partial charge in [-0.05, 0) is 31.1 Å². The zero-order valence-electron chi connectivity index (χ0n) is 10.1. The van der Waals surface area contributed by atoms with E-state index in [1.165, 1.54) is 0 Å². The molecule has 4 nitrogen and oxygen atoms in total. The molecule has 0 radical (unpaired) electrons. The van der Waals surface area contributed by atoms with Gasteiger partial charge in [0.2, 0.25) is 0 Å². The summed E-state index contributed by atoms with van der Waals surface area (Å²) in [5.74, 6) is 1.62. The number of nitriles is 2. The lowest BCUT2D eigenvalue weighted by Gasteiger charge is -2.18. The van der Waals surface area contributed by atoms with Crippen LogP contribution in [0.15, 0.2) is 4.90 Å². The Bertz CT molecular complexity index is 536. The van der Waals surface area contributed by atoms with Crippen LogP contribution in [-0.4, -0.2) is 11.5 Å². The van der Waals surface area contributed by atoms with Crippen LogP contribution in [-0.2, 0) is 10.9 Å².